The number of benzene rings is 3. The molecule has 0 aliphatic heterocycles. The van der Waals surface area contributed by atoms with Gasteiger partial charge in [0.1, 0.15) is 17.2 Å². The van der Waals surface area contributed by atoms with Crippen LogP contribution >= 0.6 is 34.8 Å². The van der Waals surface area contributed by atoms with Crippen LogP contribution in [0.3, 0.4) is 0 Å². The number of phenolic OH excluding ortho intramolecular Hbond substituents is 3. The maximum atomic E-state index is 8.70. The normalized spacial score (nSPS) is 9.12. The molecule has 0 fully saturated rings. The molecule has 3 N–H and O–H groups in total. The summed E-state index contributed by atoms with van der Waals surface area (Å²) in [7, 11) is 0. The Hall–Kier alpha value is -2.07. The van der Waals surface area contributed by atoms with Gasteiger partial charge in [0.2, 0.25) is 0 Å². The van der Waals surface area contributed by atoms with Gasteiger partial charge in [-0.3, -0.25) is 0 Å². The standard InChI is InChI=1S/3C6H5ClO/c3*7-5-1-3-6(8)4-2-5/h3*1-4,8H. The fraction of sp³-hybridized carbons (Fsp3) is 0. The molecule has 3 nitrogen and oxygen atoms in total. The van der Waals surface area contributed by atoms with Crippen molar-refractivity contribution in [1.29, 1.82) is 0 Å². The van der Waals surface area contributed by atoms with Crippen molar-refractivity contribution in [2.45, 2.75) is 0 Å². The Kier molecular flexibility index (Phi) is 8.87. The van der Waals surface area contributed by atoms with E-state index in [0.717, 1.165) is 0 Å². The fourth-order valence-electron chi connectivity index (χ4n) is 1.32. The molecule has 0 saturated carbocycles. The highest BCUT2D eigenvalue weighted by atomic mass is 35.5. The van der Waals surface area contributed by atoms with Crippen LogP contribution in [-0.2, 0) is 0 Å². The maximum Gasteiger partial charge on any atom is 0.115 e. The molecule has 0 aromatic heterocycles. The molecular weight excluding hydrogens is 371 g/mol. The maximum absolute atomic E-state index is 8.70. The molecule has 126 valence electrons. The van der Waals surface area contributed by atoms with Crippen LogP contribution in [0.4, 0.5) is 0 Å². The Morgan fingerprint density at radius 1 is 0.375 bits per heavy atom. The van der Waals surface area contributed by atoms with Crippen molar-refractivity contribution >= 4 is 34.8 Å². The number of aromatic hydroxyl groups is 3. The summed E-state index contributed by atoms with van der Waals surface area (Å²) in [6.07, 6.45) is 0. The minimum atomic E-state index is 0.245. The summed E-state index contributed by atoms with van der Waals surface area (Å²) in [6, 6.07) is 19.1. The van der Waals surface area contributed by atoms with Crippen LogP contribution in [-0.4, -0.2) is 15.3 Å². The van der Waals surface area contributed by atoms with Gasteiger partial charge in [-0.15, -0.1) is 0 Å². The largest absolute Gasteiger partial charge is 0.508 e. The molecule has 3 rings (SSSR count). The van der Waals surface area contributed by atoms with Gasteiger partial charge in [-0.25, -0.2) is 0 Å². The minimum Gasteiger partial charge on any atom is -0.508 e. The number of hydrogen-bond donors (Lipinski definition) is 3. The summed E-state index contributed by atoms with van der Waals surface area (Å²) in [5.41, 5.74) is 0. The molecule has 0 atom stereocenters. The number of hydrogen-bond acceptors (Lipinski definition) is 3. The lowest BCUT2D eigenvalue weighted by molar-refractivity contribution is 0.475. The first kappa shape index (κ1) is 20.0. The Morgan fingerprint density at radius 2 is 0.542 bits per heavy atom. The van der Waals surface area contributed by atoms with Crippen LogP contribution in [0, 0.1) is 0 Å². The van der Waals surface area contributed by atoms with Gasteiger partial charge in [-0.1, -0.05) is 34.8 Å². The number of halogens is 3. The van der Waals surface area contributed by atoms with Crippen LogP contribution in [0.25, 0.3) is 0 Å². The zero-order chi connectivity index (χ0) is 17.9. The lowest BCUT2D eigenvalue weighted by Gasteiger charge is -1.87. The van der Waals surface area contributed by atoms with Gasteiger partial charge in [-0.05, 0) is 72.8 Å². The zero-order valence-electron chi connectivity index (χ0n) is 12.4. The Bertz CT molecular complexity index is 546. The third-order valence-corrected chi connectivity index (χ3v) is 3.24. The van der Waals surface area contributed by atoms with Gasteiger partial charge in [0, 0.05) is 15.1 Å². The van der Waals surface area contributed by atoms with Gasteiger partial charge in [-0.2, -0.15) is 0 Å². The van der Waals surface area contributed by atoms with Crippen molar-refractivity contribution in [3.8, 4) is 17.2 Å². The van der Waals surface area contributed by atoms with E-state index >= 15 is 0 Å². The molecule has 24 heavy (non-hydrogen) atoms. The van der Waals surface area contributed by atoms with Gasteiger partial charge >= 0.3 is 0 Å². The van der Waals surface area contributed by atoms with E-state index in [4.69, 9.17) is 50.1 Å². The summed E-state index contributed by atoms with van der Waals surface area (Å²) >= 11 is 16.5. The molecule has 3 aromatic rings. The van der Waals surface area contributed by atoms with Gasteiger partial charge in [0.15, 0.2) is 0 Å². The molecule has 0 heterocycles. The third kappa shape index (κ3) is 9.16. The van der Waals surface area contributed by atoms with Crippen LogP contribution in [0.1, 0.15) is 0 Å². The van der Waals surface area contributed by atoms with Gasteiger partial charge < -0.3 is 15.3 Å². The molecule has 0 radical (unpaired) electrons. The average Bonchev–Trinajstić information content (AvgIpc) is 2.57. The van der Waals surface area contributed by atoms with E-state index in [-0.39, 0.29) is 17.2 Å². The van der Waals surface area contributed by atoms with E-state index in [1.807, 2.05) is 0 Å². The predicted octanol–water partition coefficient (Wildman–Crippen LogP) is 6.14. The van der Waals surface area contributed by atoms with Crippen molar-refractivity contribution in [3.63, 3.8) is 0 Å². The van der Waals surface area contributed by atoms with Gasteiger partial charge in [0.05, 0.1) is 0 Å². The molecule has 6 heteroatoms. The molecule has 0 aliphatic carbocycles. The first-order valence-corrected chi connectivity index (χ1v) is 7.84. The van der Waals surface area contributed by atoms with Crippen LogP contribution in [0.5, 0.6) is 17.2 Å². The first-order chi connectivity index (χ1) is 11.4. The monoisotopic (exact) mass is 384 g/mol. The Labute approximate surface area is 155 Å². The summed E-state index contributed by atoms with van der Waals surface area (Å²) in [5.74, 6) is 0.734. The molecule has 3 aromatic carbocycles. The van der Waals surface area contributed by atoms with Crippen molar-refractivity contribution in [1.82, 2.24) is 0 Å². The molecule has 0 spiro atoms. The Balaban J connectivity index is 0.000000180. The second-order valence-electron chi connectivity index (χ2n) is 4.43. The minimum absolute atomic E-state index is 0.245. The Morgan fingerprint density at radius 3 is 0.667 bits per heavy atom. The van der Waals surface area contributed by atoms with Crippen molar-refractivity contribution in [2.24, 2.45) is 0 Å². The molecule has 0 amide bonds. The highest BCUT2D eigenvalue weighted by Crippen LogP contribution is 2.14. The summed E-state index contributed by atoms with van der Waals surface area (Å²) in [5, 5.41) is 28.0. The van der Waals surface area contributed by atoms with E-state index in [2.05, 4.69) is 0 Å². The summed E-state index contributed by atoms with van der Waals surface area (Å²) < 4.78 is 0. The van der Waals surface area contributed by atoms with Crippen LogP contribution in [0.15, 0.2) is 72.8 Å². The topological polar surface area (TPSA) is 60.7 Å². The van der Waals surface area contributed by atoms with Crippen molar-refractivity contribution < 1.29 is 15.3 Å². The number of phenols is 3. The summed E-state index contributed by atoms with van der Waals surface area (Å²) in [6.45, 7) is 0. The third-order valence-electron chi connectivity index (χ3n) is 2.48. The SMILES string of the molecule is Oc1ccc(Cl)cc1.Oc1ccc(Cl)cc1.Oc1ccc(Cl)cc1. The zero-order valence-corrected chi connectivity index (χ0v) is 14.7. The van der Waals surface area contributed by atoms with Crippen molar-refractivity contribution in [2.75, 3.05) is 0 Å². The quantitative estimate of drug-likeness (QED) is 0.436. The fourth-order valence-corrected chi connectivity index (χ4v) is 1.70. The first-order valence-electron chi connectivity index (χ1n) is 6.70. The van der Waals surface area contributed by atoms with E-state index in [0.29, 0.717) is 15.1 Å². The van der Waals surface area contributed by atoms with Crippen molar-refractivity contribution in [3.05, 3.63) is 87.9 Å². The highest BCUT2D eigenvalue weighted by Gasteiger charge is 1.85. The second-order valence-corrected chi connectivity index (χ2v) is 5.74. The molecule has 0 bridgehead atoms. The number of rotatable bonds is 0. The molecule has 0 saturated heterocycles. The van der Waals surface area contributed by atoms with E-state index in [1.54, 1.807) is 72.8 Å². The van der Waals surface area contributed by atoms with Crippen LogP contribution in [0.2, 0.25) is 15.1 Å². The lowest BCUT2D eigenvalue weighted by atomic mass is 10.3. The van der Waals surface area contributed by atoms with Crippen LogP contribution < -0.4 is 0 Å². The molecular formula is C18H15Cl3O3. The smallest absolute Gasteiger partial charge is 0.115 e. The predicted molar refractivity (Wildman–Crippen MR) is 99.4 cm³/mol. The molecule has 0 unspecified atom stereocenters. The summed E-state index contributed by atoms with van der Waals surface area (Å²) in [4.78, 5) is 0. The second kappa shape index (κ2) is 10.7. The van der Waals surface area contributed by atoms with E-state index in [9.17, 15) is 0 Å². The van der Waals surface area contributed by atoms with E-state index in [1.165, 1.54) is 0 Å². The lowest BCUT2D eigenvalue weighted by Crippen LogP contribution is -1.61. The highest BCUT2D eigenvalue weighted by molar-refractivity contribution is 6.31. The van der Waals surface area contributed by atoms with Gasteiger partial charge in [0.25, 0.3) is 0 Å². The average molecular weight is 386 g/mol. The molecule has 0 aliphatic rings. The van der Waals surface area contributed by atoms with E-state index < -0.39 is 0 Å².